The minimum absolute atomic E-state index is 0.0158. The molecule has 1 aromatic rings. The van der Waals surface area contributed by atoms with Crippen LogP contribution in [0.4, 0.5) is 0 Å². The van der Waals surface area contributed by atoms with Gasteiger partial charge in [0, 0.05) is 82.1 Å². The third-order valence-corrected chi connectivity index (χ3v) is 18.2. The van der Waals surface area contributed by atoms with Gasteiger partial charge in [0.05, 0.1) is 73.4 Å². The minimum atomic E-state index is -3.67. The highest BCUT2D eigenvalue weighted by Crippen LogP contribution is 2.54. The van der Waals surface area contributed by atoms with E-state index in [2.05, 4.69) is 55.7 Å². The van der Waals surface area contributed by atoms with Gasteiger partial charge in [-0.3, -0.25) is 9.35 Å². The largest absolute Gasteiger partial charge is 0.392 e. The lowest BCUT2D eigenvalue weighted by Gasteiger charge is -2.47. The minimum Gasteiger partial charge on any atom is -0.392 e. The Labute approximate surface area is 438 Å². The SMILES string of the molecule is C=C1CC2CCC34CC5OC6C(OC7CCC(CC(=O)CC8C(CC9OC(CCC1O2)CC(C)C9=C)OC(CC(O)CN)C8OC)OC7C6O3)C5O4.CS(=O)(=O)O.NC1CCC(NC2CC2c2ccccc2)CC1. The van der Waals surface area contributed by atoms with Crippen molar-refractivity contribution >= 4 is 15.9 Å². The van der Waals surface area contributed by atoms with Crippen LogP contribution in [0.25, 0.3) is 0 Å². The molecule has 21 atom stereocenters. The second kappa shape index (κ2) is 23.2. The Morgan fingerprint density at radius 2 is 1.47 bits per heavy atom. The predicted molar refractivity (Wildman–Crippen MR) is 275 cm³/mol. The summed E-state index contributed by atoms with van der Waals surface area (Å²) in [6, 6.07) is 12.8. The van der Waals surface area contributed by atoms with E-state index in [-0.39, 0.29) is 122 Å². The number of benzene rings is 1. The highest BCUT2D eigenvalue weighted by molar-refractivity contribution is 7.85. The monoisotopic (exact) mass is 1060 g/mol. The van der Waals surface area contributed by atoms with Gasteiger partial charge in [0.25, 0.3) is 10.1 Å². The van der Waals surface area contributed by atoms with Gasteiger partial charge in [0.15, 0.2) is 5.79 Å². The highest BCUT2D eigenvalue weighted by Gasteiger charge is 2.69. The molecule has 10 saturated heterocycles. The van der Waals surface area contributed by atoms with E-state index in [1.54, 1.807) is 7.11 Å². The van der Waals surface area contributed by atoms with Gasteiger partial charge in [-0.25, -0.2) is 0 Å². The maximum absolute atomic E-state index is 14.1. The molecule has 2 aliphatic carbocycles. The van der Waals surface area contributed by atoms with E-state index < -0.39 is 28.1 Å². The number of rotatable bonds is 7. The summed E-state index contributed by atoms with van der Waals surface area (Å²) in [4.78, 5) is 14.1. The first kappa shape index (κ1) is 55.1. The number of aliphatic hydroxyl groups excluding tert-OH is 1. The van der Waals surface area contributed by atoms with Crippen LogP contribution in [-0.4, -0.2) is 165 Å². The molecular weight excluding hydrogens is 971 g/mol. The van der Waals surface area contributed by atoms with Crippen LogP contribution in [0.5, 0.6) is 0 Å². The number of ether oxygens (including phenoxy) is 9. The molecular formula is C56H85N3O14S. The summed E-state index contributed by atoms with van der Waals surface area (Å²) in [6.07, 6.45) is 11.8. The van der Waals surface area contributed by atoms with E-state index in [1.165, 1.54) is 37.7 Å². The summed E-state index contributed by atoms with van der Waals surface area (Å²) in [6.45, 7) is 11.3. The molecule has 17 nitrogen and oxygen atoms in total. The molecule has 1 aromatic carbocycles. The van der Waals surface area contributed by atoms with Crippen LogP contribution < -0.4 is 16.8 Å². The van der Waals surface area contributed by atoms with Crippen molar-refractivity contribution in [2.75, 3.05) is 19.9 Å². The van der Waals surface area contributed by atoms with Crippen molar-refractivity contribution in [1.29, 1.82) is 0 Å². The summed E-state index contributed by atoms with van der Waals surface area (Å²) < 4.78 is 85.9. The standard InChI is InChI=1S/C40H59NO11.C15H22N2.CH4O3S/c1-19-11-24-5-7-28-20(2)12-26(45-28)9-10-40-17-33-36(51-40)37-38(50-33)39(52-40)35-29(49-37)8-6-25(47-35)13-22(42)14-27-31(16-30(46-24)21(19)3)48-32(34(27)44-4)15-23(43)18-41;16-12-6-8-13(9-7-12)17-15-10-14(15)11-4-2-1-3-5-11;1-5(2,3)4/h19,23-39,43H,2-3,5-18,41H2,1,4H3;1-5,12-15,17H,6-10,16H2;1H3,(H,2,3,4). The number of ketones is 1. The molecule has 12 aliphatic rings. The van der Waals surface area contributed by atoms with Crippen LogP contribution in [0.2, 0.25) is 0 Å². The average molecular weight is 1060 g/mol. The predicted octanol–water partition coefficient (Wildman–Crippen LogP) is 5.34. The number of aliphatic hydroxyl groups is 1. The maximum Gasteiger partial charge on any atom is 0.261 e. The van der Waals surface area contributed by atoms with Crippen molar-refractivity contribution in [3.63, 3.8) is 0 Å². The smallest absolute Gasteiger partial charge is 0.261 e. The second-order valence-corrected chi connectivity index (χ2v) is 25.3. The molecule has 414 valence electrons. The van der Waals surface area contributed by atoms with Crippen LogP contribution in [0, 0.1) is 11.8 Å². The second-order valence-electron chi connectivity index (χ2n) is 23.8. The van der Waals surface area contributed by atoms with E-state index in [0.29, 0.717) is 44.0 Å². The average Bonchev–Trinajstić information content (AvgIpc) is 3.65. The Kier molecular flexibility index (Phi) is 17.3. The van der Waals surface area contributed by atoms with Crippen LogP contribution in [0.15, 0.2) is 54.6 Å². The number of carbonyl (C=O) groups excluding carboxylic acids is 1. The van der Waals surface area contributed by atoms with E-state index >= 15 is 0 Å². The summed E-state index contributed by atoms with van der Waals surface area (Å²) in [5, 5.41) is 14.3. The molecule has 0 aromatic heterocycles. The normalized spacial score (nSPS) is 46.0. The molecule has 10 aliphatic heterocycles. The van der Waals surface area contributed by atoms with Crippen LogP contribution in [0.3, 0.4) is 0 Å². The highest BCUT2D eigenvalue weighted by atomic mass is 32.2. The van der Waals surface area contributed by atoms with Crippen molar-refractivity contribution in [2.24, 2.45) is 23.3 Å². The zero-order valence-electron chi connectivity index (χ0n) is 43.8. The Bertz CT molecular complexity index is 2210. The lowest BCUT2D eigenvalue weighted by atomic mass is 9.81. The molecule has 13 rings (SSSR count). The molecule has 7 N–H and O–H groups in total. The van der Waals surface area contributed by atoms with Gasteiger partial charge < -0.3 is 64.5 Å². The van der Waals surface area contributed by atoms with Gasteiger partial charge in [0.2, 0.25) is 0 Å². The molecule has 10 heterocycles. The van der Waals surface area contributed by atoms with E-state index in [4.69, 9.17) is 58.7 Å². The first-order chi connectivity index (χ1) is 35.4. The first-order valence-electron chi connectivity index (χ1n) is 28.0. The van der Waals surface area contributed by atoms with Gasteiger partial charge in [-0.15, -0.1) is 0 Å². The number of methoxy groups -OCH3 is 1. The first-order valence-corrected chi connectivity index (χ1v) is 29.8. The fourth-order valence-electron chi connectivity index (χ4n) is 14.3. The van der Waals surface area contributed by atoms with E-state index in [1.807, 2.05) is 0 Å². The number of nitrogens with one attached hydrogen (secondary N) is 1. The van der Waals surface area contributed by atoms with Crippen molar-refractivity contribution in [3.05, 3.63) is 60.2 Å². The van der Waals surface area contributed by atoms with Gasteiger partial charge in [0.1, 0.15) is 36.3 Å². The van der Waals surface area contributed by atoms with Gasteiger partial charge in [-0.05, 0) is 99.7 Å². The molecule has 12 bridgehead atoms. The lowest BCUT2D eigenvalue weighted by molar-refractivity contribution is -0.292. The zero-order valence-corrected chi connectivity index (χ0v) is 44.6. The Balaban J connectivity index is 0.000000235. The van der Waals surface area contributed by atoms with E-state index in [9.17, 15) is 18.3 Å². The van der Waals surface area contributed by atoms with Gasteiger partial charge in [-0.1, -0.05) is 50.4 Å². The molecule has 0 radical (unpaired) electrons. The molecule has 2 saturated carbocycles. The Hall–Kier alpha value is -2.24. The third kappa shape index (κ3) is 12.8. The molecule has 0 amide bonds. The van der Waals surface area contributed by atoms with Crippen molar-refractivity contribution in [2.45, 2.75) is 250 Å². The third-order valence-electron chi connectivity index (χ3n) is 18.2. The molecule has 12 fully saturated rings. The topological polar surface area (TPSA) is 239 Å². The number of carbonyl (C=O) groups is 1. The quantitative estimate of drug-likeness (QED) is 0.171. The van der Waals surface area contributed by atoms with Gasteiger partial charge >= 0.3 is 0 Å². The number of fused-ring (bicyclic) bond motifs is 6. The molecule has 74 heavy (non-hydrogen) atoms. The Morgan fingerprint density at radius 1 is 0.784 bits per heavy atom. The number of Topliss-reactive ketones (excluding diaryl/α,β-unsaturated/α-hetero) is 1. The summed E-state index contributed by atoms with van der Waals surface area (Å²) in [5.41, 5.74) is 15.4. The molecule has 1 spiro atoms. The Morgan fingerprint density at radius 3 is 2.22 bits per heavy atom. The van der Waals surface area contributed by atoms with Crippen LogP contribution >= 0.6 is 0 Å². The van der Waals surface area contributed by atoms with Crippen molar-refractivity contribution in [3.8, 4) is 0 Å². The zero-order chi connectivity index (χ0) is 52.1. The molecule has 18 heteroatoms. The number of nitrogens with two attached hydrogens (primary N) is 2. The van der Waals surface area contributed by atoms with Gasteiger partial charge in [-0.2, -0.15) is 8.42 Å². The summed E-state index contributed by atoms with van der Waals surface area (Å²) in [5.74, 6) is 0.137. The molecule has 21 unspecified atom stereocenters. The lowest BCUT2D eigenvalue weighted by Crippen LogP contribution is -2.61. The maximum atomic E-state index is 14.1. The summed E-state index contributed by atoms with van der Waals surface area (Å²) >= 11 is 0. The number of hydrogen-bond acceptors (Lipinski definition) is 16. The van der Waals surface area contributed by atoms with Crippen molar-refractivity contribution < 1.29 is 65.5 Å². The van der Waals surface area contributed by atoms with Crippen LogP contribution in [-0.2, 0) is 57.5 Å². The van der Waals surface area contributed by atoms with E-state index in [0.717, 1.165) is 68.1 Å². The van der Waals surface area contributed by atoms with Crippen molar-refractivity contribution in [1.82, 2.24) is 5.32 Å². The fraction of sp³-hybridized carbons (Fsp3) is 0.804. The summed E-state index contributed by atoms with van der Waals surface area (Å²) in [7, 11) is -2.01. The van der Waals surface area contributed by atoms with Crippen LogP contribution in [0.1, 0.15) is 134 Å². The number of hydrogen-bond donors (Lipinski definition) is 5. The fourth-order valence-corrected chi connectivity index (χ4v) is 14.3.